The average Bonchev–Trinajstić information content (AvgIpc) is 3.14. The van der Waals surface area contributed by atoms with Gasteiger partial charge in [0.15, 0.2) is 0 Å². The van der Waals surface area contributed by atoms with E-state index in [2.05, 4.69) is 55.0 Å². The van der Waals surface area contributed by atoms with E-state index in [1.54, 1.807) is 0 Å². The lowest BCUT2D eigenvalue weighted by Gasteiger charge is -2.35. The molecule has 5 rings (SSSR count). The van der Waals surface area contributed by atoms with Crippen LogP contribution >= 0.6 is 23.2 Å². The Morgan fingerprint density at radius 2 is 1.83 bits per heavy atom. The van der Waals surface area contributed by atoms with Crippen molar-refractivity contribution in [3.8, 4) is 11.5 Å². The van der Waals surface area contributed by atoms with E-state index >= 15 is 0 Å². The number of rotatable bonds is 8. The zero-order valence-corrected chi connectivity index (χ0v) is 25.7. The highest BCUT2D eigenvalue weighted by molar-refractivity contribution is 6.42. The van der Waals surface area contributed by atoms with Gasteiger partial charge in [0.25, 0.3) is 0 Å². The molecule has 0 N–H and O–H groups in total. The van der Waals surface area contributed by atoms with Gasteiger partial charge in [-0.05, 0) is 84.5 Å². The van der Waals surface area contributed by atoms with Crippen LogP contribution in [0.2, 0.25) is 10.0 Å². The van der Waals surface area contributed by atoms with E-state index in [1.807, 2.05) is 30.3 Å². The molecule has 8 heteroatoms. The molecule has 0 saturated carbocycles. The van der Waals surface area contributed by atoms with E-state index in [-0.39, 0.29) is 24.2 Å². The molecular weight excluding hydrogens is 559 g/mol. The lowest BCUT2D eigenvalue weighted by Crippen LogP contribution is -2.46. The van der Waals surface area contributed by atoms with Crippen LogP contribution in [0.3, 0.4) is 0 Å². The number of benzene rings is 3. The van der Waals surface area contributed by atoms with Gasteiger partial charge in [0, 0.05) is 26.6 Å². The Bertz CT molecular complexity index is 1380. The first-order chi connectivity index (χ1) is 19.8. The van der Waals surface area contributed by atoms with Crippen LogP contribution in [0.4, 0.5) is 5.69 Å². The monoisotopic (exact) mass is 596 g/mol. The number of ether oxygens (including phenoxy) is 3. The summed E-state index contributed by atoms with van der Waals surface area (Å²) >= 11 is 12.3. The highest BCUT2D eigenvalue weighted by atomic mass is 35.5. The van der Waals surface area contributed by atoms with Gasteiger partial charge in [0.1, 0.15) is 29.7 Å². The number of methoxy groups -OCH3 is 1. The summed E-state index contributed by atoms with van der Waals surface area (Å²) in [6.07, 6.45) is 3.07. The number of anilines is 1. The SMILES string of the molecule is CCCN1Cc2cc3c(cc2C[C@H]1C(=O)OC)N(C)CC[C@H](c1ccc(O[C@H](CC)c2ccc(Cl)c(Cl)c2)cc1)O3. The summed E-state index contributed by atoms with van der Waals surface area (Å²) in [5.74, 6) is 1.51. The second-order valence-electron chi connectivity index (χ2n) is 10.9. The minimum atomic E-state index is -0.250. The van der Waals surface area contributed by atoms with Gasteiger partial charge in [-0.25, -0.2) is 0 Å². The number of hydrogen-bond acceptors (Lipinski definition) is 6. The third kappa shape index (κ3) is 6.45. The maximum absolute atomic E-state index is 12.5. The fourth-order valence-electron chi connectivity index (χ4n) is 5.84. The standard InChI is InChI=1S/C33H38Cl2N2O4/c1-5-14-37-20-24-19-32-28(17-23(24)18-29(37)33(38)39-4)36(3)15-13-31(41-32)21-7-10-25(11-8-21)40-30(6-2)22-9-12-26(34)27(35)16-22/h7-12,16-17,19,29-31H,5-6,13-15,18,20H2,1-4H3/t29-,30+,31+/m0/s1. The number of esters is 1. The Labute approximate surface area is 253 Å². The first-order valence-electron chi connectivity index (χ1n) is 14.4. The summed E-state index contributed by atoms with van der Waals surface area (Å²) in [7, 11) is 3.57. The lowest BCUT2D eigenvalue weighted by molar-refractivity contribution is -0.147. The first kappa shape index (κ1) is 29.6. The lowest BCUT2D eigenvalue weighted by atomic mass is 9.92. The minimum Gasteiger partial charge on any atom is -0.486 e. The molecule has 3 aromatic rings. The Kier molecular flexibility index (Phi) is 9.32. The van der Waals surface area contributed by atoms with Crippen molar-refractivity contribution in [1.82, 2.24) is 4.90 Å². The van der Waals surface area contributed by atoms with Crippen molar-refractivity contribution in [2.45, 2.75) is 64.3 Å². The van der Waals surface area contributed by atoms with Crippen LogP contribution in [-0.4, -0.2) is 44.2 Å². The molecule has 3 aromatic carbocycles. The summed E-state index contributed by atoms with van der Waals surface area (Å²) in [5, 5.41) is 1.06. The van der Waals surface area contributed by atoms with Crippen molar-refractivity contribution < 1.29 is 19.0 Å². The fraction of sp³-hybridized carbons (Fsp3) is 0.424. The van der Waals surface area contributed by atoms with Gasteiger partial charge in [-0.1, -0.05) is 55.2 Å². The van der Waals surface area contributed by atoms with Gasteiger partial charge in [0.2, 0.25) is 0 Å². The Morgan fingerprint density at radius 3 is 2.51 bits per heavy atom. The van der Waals surface area contributed by atoms with E-state index in [4.69, 9.17) is 37.4 Å². The quantitative estimate of drug-likeness (QED) is 0.247. The van der Waals surface area contributed by atoms with Crippen LogP contribution in [0.1, 0.15) is 67.6 Å². The molecule has 0 saturated heterocycles. The number of halogens is 2. The van der Waals surface area contributed by atoms with Crippen molar-refractivity contribution in [3.63, 3.8) is 0 Å². The first-order valence-corrected chi connectivity index (χ1v) is 15.1. The van der Waals surface area contributed by atoms with E-state index in [0.717, 1.165) is 60.7 Å². The average molecular weight is 598 g/mol. The van der Waals surface area contributed by atoms with Gasteiger partial charge < -0.3 is 19.1 Å². The van der Waals surface area contributed by atoms with E-state index in [9.17, 15) is 4.79 Å². The summed E-state index contributed by atoms with van der Waals surface area (Å²) in [4.78, 5) is 17.0. The number of fused-ring (bicyclic) bond motifs is 2. The number of nitrogens with zero attached hydrogens (tertiary/aromatic N) is 2. The molecule has 2 aliphatic heterocycles. The topological polar surface area (TPSA) is 51.2 Å². The van der Waals surface area contributed by atoms with Crippen LogP contribution in [0, 0.1) is 0 Å². The van der Waals surface area contributed by atoms with Gasteiger partial charge >= 0.3 is 5.97 Å². The van der Waals surface area contributed by atoms with E-state index < -0.39 is 0 Å². The predicted molar refractivity (Wildman–Crippen MR) is 164 cm³/mol. The molecule has 0 unspecified atom stereocenters. The summed E-state index contributed by atoms with van der Waals surface area (Å²) < 4.78 is 18.1. The van der Waals surface area contributed by atoms with E-state index in [1.165, 1.54) is 18.2 Å². The molecule has 0 fully saturated rings. The molecule has 2 heterocycles. The van der Waals surface area contributed by atoms with Gasteiger partial charge in [-0.15, -0.1) is 0 Å². The van der Waals surface area contributed by atoms with Crippen LogP contribution in [0.5, 0.6) is 11.5 Å². The number of carbonyl (C=O) groups excluding carboxylic acids is 1. The fourth-order valence-corrected chi connectivity index (χ4v) is 6.15. The summed E-state index contributed by atoms with van der Waals surface area (Å²) in [6.45, 7) is 6.63. The normalized spacial score (nSPS) is 19.4. The Morgan fingerprint density at radius 1 is 1.05 bits per heavy atom. The second kappa shape index (κ2) is 12.9. The highest BCUT2D eigenvalue weighted by Crippen LogP contribution is 2.41. The highest BCUT2D eigenvalue weighted by Gasteiger charge is 2.34. The largest absolute Gasteiger partial charge is 0.486 e. The summed E-state index contributed by atoms with van der Waals surface area (Å²) in [6, 6.07) is 18.0. The summed E-state index contributed by atoms with van der Waals surface area (Å²) in [5.41, 5.74) is 5.57. The van der Waals surface area contributed by atoms with Crippen molar-refractivity contribution in [3.05, 3.63) is 86.9 Å². The van der Waals surface area contributed by atoms with Crippen molar-refractivity contribution >= 4 is 34.9 Å². The molecule has 3 atom stereocenters. The third-order valence-corrected chi connectivity index (χ3v) is 8.86. The molecule has 218 valence electrons. The van der Waals surface area contributed by atoms with Crippen molar-refractivity contribution in [2.75, 3.05) is 32.1 Å². The van der Waals surface area contributed by atoms with Crippen LogP contribution in [0.15, 0.2) is 54.6 Å². The molecule has 2 aliphatic rings. The maximum Gasteiger partial charge on any atom is 0.323 e. The number of hydrogen-bond donors (Lipinski definition) is 0. The molecule has 6 nitrogen and oxygen atoms in total. The second-order valence-corrected chi connectivity index (χ2v) is 11.7. The molecular formula is C33H38Cl2N2O4. The van der Waals surface area contributed by atoms with Crippen LogP contribution in [0.25, 0.3) is 0 Å². The van der Waals surface area contributed by atoms with E-state index in [0.29, 0.717) is 23.0 Å². The molecule has 41 heavy (non-hydrogen) atoms. The van der Waals surface area contributed by atoms with Crippen LogP contribution in [-0.2, 0) is 22.5 Å². The maximum atomic E-state index is 12.5. The molecule has 0 spiro atoms. The molecule has 0 aromatic heterocycles. The molecule has 0 amide bonds. The zero-order valence-electron chi connectivity index (χ0n) is 24.2. The smallest absolute Gasteiger partial charge is 0.323 e. The van der Waals surface area contributed by atoms with Crippen molar-refractivity contribution in [2.24, 2.45) is 0 Å². The molecule has 0 bridgehead atoms. The minimum absolute atomic E-state index is 0.0824. The number of carbonyl (C=O) groups is 1. The predicted octanol–water partition coefficient (Wildman–Crippen LogP) is 7.79. The molecule has 0 radical (unpaired) electrons. The van der Waals surface area contributed by atoms with Crippen molar-refractivity contribution in [1.29, 1.82) is 0 Å². The Balaban J connectivity index is 1.34. The molecule has 0 aliphatic carbocycles. The van der Waals surface area contributed by atoms with Gasteiger partial charge in [0.05, 0.1) is 22.8 Å². The third-order valence-electron chi connectivity index (χ3n) is 8.12. The Hall–Kier alpha value is -2.93. The zero-order chi connectivity index (χ0) is 29.1. The van der Waals surface area contributed by atoms with Crippen LogP contribution < -0.4 is 14.4 Å². The van der Waals surface area contributed by atoms with Gasteiger partial charge in [-0.3, -0.25) is 9.69 Å². The van der Waals surface area contributed by atoms with Gasteiger partial charge in [-0.2, -0.15) is 0 Å².